The summed E-state index contributed by atoms with van der Waals surface area (Å²) in [6, 6.07) is 15.8. The van der Waals surface area contributed by atoms with Crippen molar-refractivity contribution in [2.75, 3.05) is 25.6 Å². The summed E-state index contributed by atoms with van der Waals surface area (Å²) in [5, 5.41) is 16.4. The molecule has 0 spiro atoms. The first-order valence-corrected chi connectivity index (χ1v) is 9.70. The molecule has 158 valence electrons. The average molecular weight is 421 g/mol. The van der Waals surface area contributed by atoms with E-state index in [1.807, 2.05) is 42.5 Å². The second-order valence-electron chi connectivity index (χ2n) is 7.08. The number of aliphatic hydroxyl groups is 1. The molecule has 1 aliphatic rings. The zero-order valence-corrected chi connectivity index (χ0v) is 17.4. The Hall–Kier alpha value is -2.28. The van der Waals surface area contributed by atoms with Gasteiger partial charge in [0.25, 0.3) is 0 Å². The second-order valence-corrected chi connectivity index (χ2v) is 7.08. The third-order valence-corrected chi connectivity index (χ3v) is 4.93. The number of rotatable bonds is 7. The molecule has 1 aliphatic carbocycles. The van der Waals surface area contributed by atoms with E-state index >= 15 is 0 Å². The summed E-state index contributed by atoms with van der Waals surface area (Å²) in [5.74, 6) is 0.760. The van der Waals surface area contributed by atoms with Crippen LogP contribution in [0.15, 0.2) is 48.5 Å². The maximum atomic E-state index is 11.4. The summed E-state index contributed by atoms with van der Waals surface area (Å²) >= 11 is 0. The number of hydrogen-bond acceptors (Lipinski definition) is 5. The molecule has 1 amide bonds. The fraction of sp³-hybridized carbons (Fsp3) is 0.409. The predicted molar refractivity (Wildman–Crippen MR) is 116 cm³/mol. The number of fused-ring (bicyclic) bond motifs is 1. The van der Waals surface area contributed by atoms with Crippen LogP contribution in [0, 0.1) is 0 Å². The minimum absolute atomic E-state index is 0. The second kappa shape index (κ2) is 11.7. The molecule has 0 heterocycles. The van der Waals surface area contributed by atoms with Crippen LogP contribution < -0.4 is 15.4 Å². The third kappa shape index (κ3) is 7.24. The van der Waals surface area contributed by atoms with Gasteiger partial charge in [-0.05, 0) is 61.1 Å². The normalized spacial score (nSPS) is 16.6. The summed E-state index contributed by atoms with van der Waals surface area (Å²) in [7, 11) is 1.35. The van der Waals surface area contributed by atoms with Crippen molar-refractivity contribution in [1.82, 2.24) is 5.32 Å². The number of ether oxygens (including phenoxy) is 2. The van der Waals surface area contributed by atoms with E-state index < -0.39 is 12.2 Å². The number of anilines is 1. The van der Waals surface area contributed by atoms with Crippen LogP contribution in [0.1, 0.15) is 24.0 Å². The number of carbonyl (C=O) groups excluding carboxylic acids is 1. The van der Waals surface area contributed by atoms with Crippen LogP contribution in [0.3, 0.4) is 0 Å². The highest BCUT2D eigenvalue weighted by atomic mass is 35.5. The number of nitrogens with one attached hydrogen (secondary N) is 2. The van der Waals surface area contributed by atoms with Crippen molar-refractivity contribution in [1.29, 1.82) is 0 Å². The Labute approximate surface area is 178 Å². The molecule has 7 heteroatoms. The van der Waals surface area contributed by atoms with Crippen molar-refractivity contribution < 1.29 is 19.4 Å². The lowest BCUT2D eigenvalue weighted by molar-refractivity contribution is 0.103. The molecule has 0 saturated heterocycles. The molecule has 0 saturated carbocycles. The molecule has 29 heavy (non-hydrogen) atoms. The van der Waals surface area contributed by atoms with Crippen molar-refractivity contribution in [3.63, 3.8) is 0 Å². The van der Waals surface area contributed by atoms with Gasteiger partial charge in [-0.3, -0.25) is 5.32 Å². The first-order valence-electron chi connectivity index (χ1n) is 9.70. The Morgan fingerprint density at radius 1 is 1.21 bits per heavy atom. The molecule has 2 atom stereocenters. The zero-order chi connectivity index (χ0) is 19.8. The lowest BCUT2D eigenvalue weighted by Crippen LogP contribution is -2.39. The number of halogens is 1. The van der Waals surface area contributed by atoms with Gasteiger partial charge in [0.1, 0.15) is 18.5 Å². The van der Waals surface area contributed by atoms with Gasteiger partial charge in [-0.15, -0.1) is 12.4 Å². The lowest BCUT2D eigenvalue weighted by atomic mass is 10.0. The molecular formula is C22H29ClN2O4. The van der Waals surface area contributed by atoms with Gasteiger partial charge in [0.15, 0.2) is 0 Å². The van der Waals surface area contributed by atoms with E-state index in [0.717, 1.165) is 37.1 Å². The Kier molecular flexibility index (Phi) is 9.25. The molecule has 2 aromatic rings. The van der Waals surface area contributed by atoms with Crippen LogP contribution in [0.25, 0.3) is 0 Å². The minimum Gasteiger partial charge on any atom is -0.491 e. The van der Waals surface area contributed by atoms with Crippen LogP contribution in [-0.4, -0.2) is 43.6 Å². The molecular weight excluding hydrogens is 392 g/mol. The quantitative estimate of drug-likeness (QED) is 0.597. The Balaban J connectivity index is 0.00000300. The van der Waals surface area contributed by atoms with E-state index in [0.29, 0.717) is 6.54 Å². The monoisotopic (exact) mass is 420 g/mol. The maximum Gasteiger partial charge on any atom is 0.411 e. The molecule has 0 fully saturated rings. The van der Waals surface area contributed by atoms with Crippen LogP contribution in [0.4, 0.5) is 10.5 Å². The number of aliphatic hydroxyl groups excluding tert-OH is 1. The highest BCUT2D eigenvalue weighted by Crippen LogP contribution is 2.24. The van der Waals surface area contributed by atoms with Crippen molar-refractivity contribution in [3.05, 3.63) is 59.7 Å². The molecule has 0 bridgehead atoms. The predicted octanol–water partition coefficient (Wildman–Crippen LogP) is 3.56. The van der Waals surface area contributed by atoms with Crippen molar-refractivity contribution in [2.45, 2.75) is 37.8 Å². The molecule has 2 aromatic carbocycles. The molecule has 1 unspecified atom stereocenters. The van der Waals surface area contributed by atoms with E-state index in [2.05, 4.69) is 21.4 Å². The molecule has 6 nitrogen and oxygen atoms in total. The van der Waals surface area contributed by atoms with Crippen LogP contribution in [-0.2, 0) is 17.6 Å². The summed E-state index contributed by atoms with van der Waals surface area (Å²) in [4.78, 5) is 11.4. The topological polar surface area (TPSA) is 79.8 Å². The fourth-order valence-electron chi connectivity index (χ4n) is 3.46. The van der Waals surface area contributed by atoms with Crippen molar-refractivity contribution in [2.24, 2.45) is 0 Å². The molecule has 0 aromatic heterocycles. The Bertz CT molecular complexity index is 773. The number of methoxy groups -OCH3 is 1. The number of carbonyl (C=O) groups is 1. The zero-order valence-electron chi connectivity index (χ0n) is 16.6. The SMILES string of the molecule is COC(=O)Nc1ccc2c(c1)CC(NC[C@H](O)COc1ccccc1)CCC2.Cl. The average Bonchev–Trinajstić information content (AvgIpc) is 2.92. The van der Waals surface area contributed by atoms with Gasteiger partial charge in [0, 0.05) is 18.3 Å². The molecule has 3 rings (SSSR count). The van der Waals surface area contributed by atoms with Gasteiger partial charge in [-0.2, -0.15) is 0 Å². The number of hydrogen-bond donors (Lipinski definition) is 3. The van der Waals surface area contributed by atoms with E-state index in [1.165, 1.54) is 18.2 Å². The number of aryl methyl sites for hydroxylation is 1. The minimum atomic E-state index is -0.574. The van der Waals surface area contributed by atoms with E-state index in [4.69, 9.17) is 4.74 Å². The highest BCUT2D eigenvalue weighted by molar-refractivity contribution is 5.85. The third-order valence-electron chi connectivity index (χ3n) is 4.93. The van der Waals surface area contributed by atoms with Crippen LogP contribution in [0.5, 0.6) is 5.75 Å². The standard InChI is InChI=1S/C22H28N2O4.ClH/c1-27-22(26)24-19-11-10-16-6-5-7-18(12-17(16)13-19)23-14-20(25)15-28-21-8-3-2-4-9-21;/h2-4,8-11,13,18,20,23,25H,5-7,12,14-15H2,1H3,(H,24,26);1H/t18?,20-;/m0./s1. The van der Waals surface area contributed by atoms with Gasteiger partial charge in [0.2, 0.25) is 0 Å². The number of benzene rings is 2. The Morgan fingerprint density at radius 2 is 2.00 bits per heavy atom. The largest absolute Gasteiger partial charge is 0.491 e. The van der Waals surface area contributed by atoms with Gasteiger partial charge in [-0.1, -0.05) is 24.3 Å². The summed E-state index contributed by atoms with van der Waals surface area (Å²) < 4.78 is 10.3. The molecule has 0 radical (unpaired) electrons. The lowest BCUT2D eigenvalue weighted by Gasteiger charge is -2.20. The van der Waals surface area contributed by atoms with Crippen LogP contribution in [0.2, 0.25) is 0 Å². The van der Waals surface area contributed by atoms with E-state index in [9.17, 15) is 9.90 Å². The van der Waals surface area contributed by atoms with Crippen LogP contribution >= 0.6 is 12.4 Å². The fourth-order valence-corrected chi connectivity index (χ4v) is 3.46. The van der Waals surface area contributed by atoms with Gasteiger partial charge in [-0.25, -0.2) is 4.79 Å². The summed E-state index contributed by atoms with van der Waals surface area (Å²) in [6.45, 7) is 0.737. The van der Waals surface area contributed by atoms with E-state index in [1.54, 1.807) is 0 Å². The Morgan fingerprint density at radius 3 is 2.76 bits per heavy atom. The van der Waals surface area contributed by atoms with Gasteiger partial charge >= 0.3 is 6.09 Å². The van der Waals surface area contributed by atoms with Crippen molar-refractivity contribution >= 4 is 24.2 Å². The molecule has 0 aliphatic heterocycles. The smallest absolute Gasteiger partial charge is 0.411 e. The van der Waals surface area contributed by atoms with Gasteiger partial charge in [0.05, 0.1) is 7.11 Å². The van der Waals surface area contributed by atoms with E-state index in [-0.39, 0.29) is 25.1 Å². The number of amides is 1. The van der Waals surface area contributed by atoms with Crippen molar-refractivity contribution in [3.8, 4) is 5.75 Å². The summed E-state index contributed by atoms with van der Waals surface area (Å²) in [6.07, 6.45) is 2.97. The maximum absolute atomic E-state index is 11.4. The summed E-state index contributed by atoms with van der Waals surface area (Å²) in [5.41, 5.74) is 3.27. The number of para-hydroxylation sites is 1. The highest BCUT2D eigenvalue weighted by Gasteiger charge is 2.18. The molecule has 3 N–H and O–H groups in total. The first kappa shape index (κ1) is 23.0. The van der Waals surface area contributed by atoms with Gasteiger partial charge < -0.3 is 19.9 Å². The first-order chi connectivity index (χ1) is 13.6.